The number of nitrogens with zero attached hydrogens (tertiary/aromatic N) is 5. The molecule has 1 aliphatic rings. The smallest absolute Gasteiger partial charge is 0.253 e. The quantitative estimate of drug-likeness (QED) is 0.709. The summed E-state index contributed by atoms with van der Waals surface area (Å²) < 4.78 is 1.89. The van der Waals surface area contributed by atoms with Gasteiger partial charge in [-0.2, -0.15) is 0 Å². The van der Waals surface area contributed by atoms with E-state index in [0.29, 0.717) is 31.2 Å². The van der Waals surface area contributed by atoms with E-state index in [1.54, 1.807) is 6.07 Å². The Hall–Kier alpha value is -2.60. The van der Waals surface area contributed by atoms with Crippen molar-refractivity contribution >= 4 is 29.1 Å². The van der Waals surface area contributed by atoms with Gasteiger partial charge in [0, 0.05) is 37.9 Å². The predicted molar refractivity (Wildman–Crippen MR) is 97.3 cm³/mol. The van der Waals surface area contributed by atoms with Crippen LogP contribution in [0.2, 0.25) is 5.02 Å². The predicted octanol–water partition coefficient (Wildman–Crippen LogP) is 2.65. The van der Waals surface area contributed by atoms with Gasteiger partial charge in [-0.25, -0.2) is 0 Å². The summed E-state index contributed by atoms with van der Waals surface area (Å²) in [5.74, 6) is 0.845. The van der Waals surface area contributed by atoms with Gasteiger partial charge < -0.3 is 9.80 Å². The van der Waals surface area contributed by atoms with Crippen molar-refractivity contribution in [1.29, 1.82) is 0 Å². The minimum absolute atomic E-state index is 0.0810. The molecule has 3 aromatic rings. The second-order valence-electron chi connectivity index (χ2n) is 6.22. The van der Waals surface area contributed by atoms with Gasteiger partial charge in [-0.05, 0) is 31.2 Å². The van der Waals surface area contributed by atoms with Crippen molar-refractivity contribution < 1.29 is 4.79 Å². The summed E-state index contributed by atoms with van der Waals surface area (Å²) in [6, 6.07) is 11.4. The number of halogens is 1. The lowest BCUT2D eigenvalue weighted by molar-refractivity contribution is 0.0746. The first-order chi connectivity index (χ1) is 12.1. The molecule has 2 aromatic heterocycles. The van der Waals surface area contributed by atoms with Gasteiger partial charge in [0.15, 0.2) is 5.65 Å². The lowest BCUT2D eigenvalue weighted by Crippen LogP contribution is -2.49. The molecule has 25 heavy (non-hydrogen) atoms. The number of benzene rings is 1. The molecular weight excluding hydrogens is 338 g/mol. The van der Waals surface area contributed by atoms with E-state index in [9.17, 15) is 4.79 Å². The molecule has 1 amide bonds. The molecule has 1 saturated heterocycles. The average molecular weight is 356 g/mol. The molecular formula is C18H18ClN5O. The van der Waals surface area contributed by atoms with E-state index in [-0.39, 0.29) is 5.91 Å². The van der Waals surface area contributed by atoms with E-state index in [0.717, 1.165) is 22.7 Å². The van der Waals surface area contributed by atoms with E-state index in [4.69, 9.17) is 11.6 Å². The van der Waals surface area contributed by atoms with Crippen molar-refractivity contribution in [3.05, 3.63) is 58.7 Å². The van der Waals surface area contributed by atoms with E-state index in [1.807, 2.05) is 52.8 Å². The van der Waals surface area contributed by atoms with Gasteiger partial charge in [0.05, 0.1) is 5.02 Å². The number of anilines is 1. The normalized spacial score (nSPS) is 15.0. The largest absolute Gasteiger partial charge is 0.337 e. The maximum absolute atomic E-state index is 12.7. The zero-order chi connectivity index (χ0) is 17.4. The number of carbonyl (C=O) groups is 1. The Bertz CT molecular complexity index is 930. The van der Waals surface area contributed by atoms with Crippen LogP contribution in [0.5, 0.6) is 0 Å². The summed E-state index contributed by atoms with van der Waals surface area (Å²) in [6.45, 7) is 4.73. The molecule has 0 aliphatic carbocycles. The molecule has 0 atom stereocenters. The highest BCUT2D eigenvalue weighted by atomic mass is 35.5. The van der Waals surface area contributed by atoms with Gasteiger partial charge in [0.1, 0.15) is 0 Å². The molecule has 0 spiro atoms. The minimum atomic E-state index is 0.0810. The topological polar surface area (TPSA) is 53.7 Å². The van der Waals surface area contributed by atoms with Gasteiger partial charge in [0.25, 0.3) is 5.91 Å². The first kappa shape index (κ1) is 15.9. The highest BCUT2D eigenvalue weighted by Crippen LogP contribution is 2.19. The molecule has 6 nitrogen and oxygen atoms in total. The number of hydrogen-bond donors (Lipinski definition) is 0. The third kappa shape index (κ3) is 3.05. The molecule has 0 bridgehead atoms. The summed E-state index contributed by atoms with van der Waals surface area (Å²) in [7, 11) is 0. The van der Waals surface area contributed by atoms with Crippen LogP contribution in [-0.2, 0) is 0 Å². The molecule has 0 radical (unpaired) electrons. The number of hydrogen-bond acceptors (Lipinski definition) is 4. The second-order valence-corrected chi connectivity index (χ2v) is 6.66. The Labute approximate surface area is 150 Å². The van der Waals surface area contributed by atoms with Crippen LogP contribution < -0.4 is 4.90 Å². The zero-order valence-corrected chi connectivity index (χ0v) is 14.6. The second kappa shape index (κ2) is 6.37. The lowest BCUT2D eigenvalue weighted by atomic mass is 10.1. The van der Waals surface area contributed by atoms with E-state index >= 15 is 0 Å². The third-order valence-corrected chi connectivity index (χ3v) is 4.69. The monoisotopic (exact) mass is 355 g/mol. The fourth-order valence-electron chi connectivity index (χ4n) is 3.14. The Morgan fingerprint density at radius 1 is 1.08 bits per heavy atom. The maximum atomic E-state index is 12.7. The number of piperazine rings is 1. The standard InChI is InChI=1S/C18H18ClN5O/c1-13-3-2-4-14(11-13)17(25)22-7-9-23(10-8-22)18-21-20-16-6-5-15(19)12-24(16)18/h2-6,11-12H,7-10H2,1H3. The first-order valence-corrected chi connectivity index (χ1v) is 8.61. The molecule has 1 fully saturated rings. The third-order valence-electron chi connectivity index (χ3n) is 4.46. The maximum Gasteiger partial charge on any atom is 0.253 e. The fourth-order valence-corrected chi connectivity index (χ4v) is 3.30. The van der Waals surface area contributed by atoms with E-state index in [1.165, 1.54) is 0 Å². The van der Waals surface area contributed by atoms with Crippen LogP contribution in [-0.4, -0.2) is 51.6 Å². The number of pyridine rings is 1. The van der Waals surface area contributed by atoms with Crippen molar-refractivity contribution in [1.82, 2.24) is 19.5 Å². The van der Waals surface area contributed by atoms with Gasteiger partial charge in [0.2, 0.25) is 5.95 Å². The highest BCUT2D eigenvalue weighted by molar-refractivity contribution is 6.30. The molecule has 1 aromatic carbocycles. The van der Waals surface area contributed by atoms with Crippen LogP contribution in [0.15, 0.2) is 42.6 Å². The van der Waals surface area contributed by atoms with Crippen molar-refractivity contribution in [2.75, 3.05) is 31.1 Å². The number of rotatable bonds is 2. The minimum Gasteiger partial charge on any atom is -0.337 e. The van der Waals surface area contributed by atoms with Gasteiger partial charge in [-0.1, -0.05) is 29.3 Å². The SMILES string of the molecule is Cc1cccc(C(=O)N2CCN(c3nnc4ccc(Cl)cn34)CC2)c1. The van der Waals surface area contributed by atoms with E-state index in [2.05, 4.69) is 15.1 Å². The lowest BCUT2D eigenvalue weighted by Gasteiger charge is -2.34. The Morgan fingerprint density at radius 3 is 2.64 bits per heavy atom. The summed E-state index contributed by atoms with van der Waals surface area (Å²) >= 11 is 6.08. The van der Waals surface area contributed by atoms with Crippen LogP contribution in [0.25, 0.3) is 5.65 Å². The van der Waals surface area contributed by atoms with Crippen LogP contribution in [0.1, 0.15) is 15.9 Å². The number of amides is 1. The molecule has 128 valence electrons. The molecule has 0 N–H and O–H groups in total. The van der Waals surface area contributed by atoms with Gasteiger partial charge in [-0.15, -0.1) is 10.2 Å². The van der Waals surface area contributed by atoms with Crippen LogP contribution in [0.4, 0.5) is 5.95 Å². The fraction of sp³-hybridized carbons (Fsp3) is 0.278. The van der Waals surface area contributed by atoms with E-state index < -0.39 is 0 Å². The highest BCUT2D eigenvalue weighted by Gasteiger charge is 2.24. The van der Waals surface area contributed by atoms with Crippen LogP contribution in [0, 0.1) is 6.92 Å². The molecule has 0 unspecified atom stereocenters. The molecule has 0 saturated carbocycles. The number of aryl methyl sites for hydroxylation is 1. The number of carbonyl (C=O) groups excluding carboxylic acids is 1. The van der Waals surface area contributed by atoms with Crippen molar-refractivity contribution in [3.63, 3.8) is 0 Å². The Morgan fingerprint density at radius 2 is 1.88 bits per heavy atom. The Balaban J connectivity index is 1.49. The van der Waals surface area contributed by atoms with Crippen molar-refractivity contribution in [3.8, 4) is 0 Å². The summed E-state index contributed by atoms with van der Waals surface area (Å²) in [5.41, 5.74) is 2.60. The summed E-state index contributed by atoms with van der Waals surface area (Å²) in [4.78, 5) is 16.7. The molecule has 4 rings (SSSR count). The first-order valence-electron chi connectivity index (χ1n) is 8.23. The average Bonchev–Trinajstić information content (AvgIpc) is 3.04. The molecule has 3 heterocycles. The summed E-state index contributed by atoms with van der Waals surface area (Å²) in [5, 5.41) is 9.10. The van der Waals surface area contributed by atoms with Crippen LogP contribution >= 0.6 is 11.6 Å². The van der Waals surface area contributed by atoms with Gasteiger partial charge in [-0.3, -0.25) is 9.20 Å². The number of aromatic nitrogens is 3. The van der Waals surface area contributed by atoms with Gasteiger partial charge >= 0.3 is 0 Å². The Kier molecular flexibility index (Phi) is 4.05. The number of fused-ring (bicyclic) bond motifs is 1. The molecule has 7 heteroatoms. The van der Waals surface area contributed by atoms with Crippen molar-refractivity contribution in [2.24, 2.45) is 0 Å². The zero-order valence-electron chi connectivity index (χ0n) is 13.9. The van der Waals surface area contributed by atoms with Crippen molar-refractivity contribution in [2.45, 2.75) is 6.92 Å². The molecule has 1 aliphatic heterocycles. The van der Waals surface area contributed by atoms with Crippen LogP contribution in [0.3, 0.4) is 0 Å². The summed E-state index contributed by atoms with van der Waals surface area (Å²) in [6.07, 6.45) is 1.82.